The smallest absolute Gasteiger partial charge is 0.340 e. The molecule has 0 saturated carbocycles. The maximum Gasteiger partial charge on any atom is 0.340 e. The predicted molar refractivity (Wildman–Crippen MR) is 97.5 cm³/mol. The molecule has 2 aromatic heterocycles. The van der Waals surface area contributed by atoms with Crippen molar-refractivity contribution in [2.24, 2.45) is 10.2 Å². The molecule has 2 aromatic carbocycles. The molecule has 0 aliphatic rings. The Bertz CT molecular complexity index is 1180. The van der Waals surface area contributed by atoms with Gasteiger partial charge in [-0.1, -0.05) is 24.3 Å². The Balaban J connectivity index is 1.79. The van der Waals surface area contributed by atoms with Gasteiger partial charge in [-0.25, -0.2) is 14.8 Å². The van der Waals surface area contributed by atoms with Crippen molar-refractivity contribution in [3.63, 3.8) is 0 Å². The topological polar surface area (TPSA) is 110 Å². The minimum Gasteiger partial charge on any atom is -0.479 e. The Morgan fingerprint density at radius 1 is 1.07 bits per heavy atom. The first kappa shape index (κ1) is 16.6. The highest BCUT2D eigenvalue weighted by Gasteiger charge is 2.18. The monoisotopic (exact) mass is 362 g/mol. The number of ether oxygens (including phenoxy) is 1. The summed E-state index contributed by atoms with van der Waals surface area (Å²) in [6.07, 6.45) is 0. The van der Waals surface area contributed by atoms with E-state index in [2.05, 4.69) is 20.2 Å². The fourth-order valence-electron chi connectivity index (χ4n) is 2.59. The van der Waals surface area contributed by atoms with E-state index in [9.17, 15) is 9.90 Å². The minimum absolute atomic E-state index is 0.0434. The summed E-state index contributed by atoms with van der Waals surface area (Å²) in [5, 5.41) is 18.2. The van der Waals surface area contributed by atoms with Gasteiger partial charge in [-0.3, -0.25) is 0 Å². The number of aromatic hydroxyl groups is 1. The van der Waals surface area contributed by atoms with E-state index in [1.165, 1.54) is 0 Å². The summed E-state index contributed by atoms with van der Waals surface area (Å²) in [7, 11) is 0. The van der Waals surface area contributed by atoms with Crippen LogP contribution in [0, 0.1) is 0 Å². The molecule has 4 aromatic rings. The minimum atomic E-state index is -0.501. The Hall–Kier alpha value is -3.81. The Labute approximate surface area is 153 Å². The highest BCUT2D eigenvalue weighted by molar-refractivity contribution is 5.95. The molecule has 0 unspecified atom stereocenters. The molecule has 0 amide bonds. The van der Waals surface area contributed by atoms with Crippen molar-refractivity contribution in [2.45, 2.75) is 6.92 Å². The maximum absolute atomic E-state index is 12.0. The standard InChI is InChI=1S/C19H14N4O4/c1-2-26-18(24)11-7-3-4-8-12(11)22-23-16-15-17(27-19(16)25)21-14-10-6-5-9-13(14)20-15/h3-10,25H,2H2,1H3. The average Bonchev–Trinajstić information content (AvgIpc) is 2.99. The van der Waals surface area contributed by atoms with E-state index in [1.54, 1.807) is 43.3 Å². The Kier molecular flexibility index (Phi) is 4.21. The molecule has 134 valence electrons. The average molecular weight is 362 g/mol. The third kappa shape index (κ3) is 3.08. The second-order valence-corrected chi connectivity index (χ2v) is 5.56. The molecule has 0 aliphatic carbocycles. The molecule has 0 saturated heterocycles. The molecule has 4 rings (SSSR count). The number of esters is 1. The number of carbonyl (C=O) groups excluding carboxylic acids is 1. The van der Waals surface area contributed by atoms with Gasteiger partial charge >= 0.3 is 11.9 Å². The number of fused-ring (bicyclic) bond motifs is 2. The summed E-state index contributed by atoms with van der Waals surface area (Å²) in [6.45, 7) is 1.97. The number of hydrogen-bond acceptors (Lipinski definition) is 8. The van der Waals surface area contributed by atoms with Crippen LogP contribution in [-0.4, -0.2) is 27.7 Å². The number of azo groups is 1. The first-order valence-corrected chi connectivity index (χ1v) is 8.23. The normalized spacial score (nSPS) is 11.4. The van der Waals surface area contributed by atoms with Gasteiger partial charge in [-0.05, 0) is 31.2 Å². The number of hydrogen-bond donors (Lipinski definition) is 1. The van der Waals surface area contributed by atoms with Crippen LogP contribution in [0.2, 0.25) is 0 Å². The van der Waals surface area contributed by atoms with Crippen LogP contribution in [0.1, 0.15) is 17.3 Å². The third-order valence-electron chi connectivity index (χ3n) is 3.82. The molecule has 0 fully saturated rings. The Morgan fingerprint density at radius 3 is 2.56 bits per heavy atom. The highest BCUT2D eigenvalue weighted by Crippen LogP contribution is 2.38. The Morgan fingerprint density at radius 2 is 1.78 bits per heavy atom. The van der Waals surface area contributed by atoms with E-state index in [0.717, 1.165) is 0 Å². The van der Waals surface area contributed by atoms with Crippen LogP contribution >= 0.6 is 0 Å². The molecular formula is C19H14N4O4. The second kappa shape index (κ2) is 6.83. The number of benzene rings is 2. The summed E-state index contributed by atoms with van der Waals surface area (Å²) < 4.78 is 10.3. The second-order valence-electron chi connectivity index (χ2n) is 5.56. The summed E-state index contributed by atoms with van der Waals surface area (Å²) in [4.78, 5) is 20.8. The summed E-state index contributed by atoms with van der Waals surface area (Å²) in [5.41, 5.74) is 2.32. The van der Waals surface area contributed by atoms with Gasteiger partial charge in [0.25, 0.3) is 5.71 Å². The molecule has 0 atom stereocenters. The third-order valence-corrected chi connectivity index (χ3v) is 3.82. The molecule has 27 heavy (non-hydrogen) atoms. The van der Waals surface area contributed by atoms with Crippen LogP contribution in [-0.2, 0) is 4.74 Å². The van der Waals surface area contributed by atoms with Crippen molar-refractivity contribution in [2.75, 3.05) is 6.61 Å². The van der Waals surface area contributed by atoms with Gasteiger partial charge in [0.05, 0.1) is 23.2 Å². The number of rotatable bonds is 4. The largest absolute Gasteiger partial charge is 0.479 e. The molecule has 2 heterocycles. The van der Waals surface area contributed by atoms with E-state index >= 15 is 0 Å². The van der Waals surface area contributed by atoms with Gasteiger partial charge in [-0.15, -0.1) is 10.2 Å². The van der Waals surface area contributed by atoms with Crippen LogP contribution in [0.3, 0.4) is 0 Å². The lowest BCUT2D eigenvalue weighted by molar-refractivity contribution is 0.0527. The van der Waals surface area contributed by atoms with Gasteiger partial charge < -0.3 is 14.3 Å². The van der Waals surface area contributed by atoms with E-state index in [4.69, 9.17) is 9.15 Å². The molecule has 0 radical (unpaired) electrons. The van der Waals surface area contributed by atoms with Crippen LogP contribution < -0.4 is 0 Å². The van der Waals surface area contributed by atoms with Crippen molar-refractivity contribution in [1.29, 1.82) is 0 Å². The maximum atomic E-state index is 12.0. The molecular weight excluding hydrogens is 348 g/mol. The van der Waals surface area contributed by atoms with Gasteiger partial charge in [0.15, 0.2) is 11.2 Å². The van der Waals surface area contributed by atoms with Crippen molar-refractivity contribution < 1.29 is 19.1 Å². The zero-order valence-electron chi connectivity index (χ0n) is 14.3. The van der Waals surface area contributed by atoms with Crippen molar-refractivity contribution >= 4 is 39.6 Å². The van der Waals surface area contributed by atoms with Gasteiger partial charge in [0.1, 0.15) is 5.69 Å². The fourth-order valence-corrected chi connectivity index (χ4v) is 2.59. The van der Waals surface area contributed by atoms with Crippen LogP contribution in [0.15, 0.2) is 63.2 Å². The molecule has 8 nitrogen and oxygen atoms in total. The van der Waals surface area contributed by atoms with E-state index in [1.807, 2.05) is 12.1 Å². The van der Waals surface area contributed by atoms with Crippen molar-refractivity contribution in [3.8, 4) is 5.95 Å². The molecule has 1 N–H and O–H groups in total. The van der Waals surface area contributed by atoms with Crippen LogP contribution in [0.4, 0.5) is 11.4 Å². The number of nitrogens with zero attached hydrogens (tertiary/aromatic N) is 4. The summed E-state index contributed by atoms with van der Waals surface area (Å²) in [5.74, 6) is -0.947. The van der Waals surface area contributed by atoms with E-state index in [0.29, 0.717) is 16.7 Å². The first-order valence-electron chi connectivity index (χ1n) is 8.23. The lowest BCUT2D eigenvalue weighted by atomic mass is 10.2. The first-order chi connectivity index (χ1) is 13.2. The zero-order chi connectivity index (χ0) is 18.8. The van der Waals surface area contributed by atoms with E-state index < -0.39 is 11.9 Å². The summed E-state index contributed by atoms with van der Waals surface area (Å²) >= 11 is 0. The number of furan rings is 1. The van der Waals surface area contributed by atoms with Crippen molar-refractivity contribution in [3.05, 3.63) is 54.1 Å². The quantitative estimate of drug-likeness (QED) is 0.417. The van der Waals surface area contributed by atoms with E-state index in [-0.39, 0.29) is 29.1 Å². The van der Waals surface area contributed by atoms with Gasteiger partial charge in [0.2, 0.25) is 0 Å². The molecule has 8 heteroatoms. The fraction of sp³-hybridized carbons (Fsp3) is 0.105. The van der Waals surface area contributed by atoms with Gasteiger partial charge in [0, 0.05) is 0 Å². The zero-order valence-corrected chi connectivity index (χ0v) is 14.3. The highest BCUT2D eigenvalue weighted by atomic mass is 16.5. The lowest BCUT2D eigenvalue weighted by Gasteiger charge is -2.03. The number of aromatic nitrogens is 2. The van der Waals surface area contributed by atoms with Gasteiger partial charge in [-0.2, -0.15) is 0 Å². The molecule has 0 spiro atoms. The number of carbonyl (C=O) groups is 1. The van der Waals surface area contributed by atoms with Crippen molar-refractivity contribution in [1.82, 2.24) is 9.97 Å². The van der Waals surface area contributed by atoms with Crippen LogP contribution in [0.5, 0.6) is 5.95 Å². The molecule has 0 bridgehead atoms. The molecule has 0 aliphatic heterocycles. The summed E-state index contributed by atoms with van der Waals surface area (Å²) in [6, 6.07) is 13.9. The predicted octanol–water partition coefficient (Wildman–Crippen LogP) is 4.67. The van der Waals surface area contributed by atoms with Crippen LogP contribution in [0.25, 0.3) is 22.3 Å². The SMILES string of the molecule is CCOC(=O)c1ccccc1N=Nc1c(O)oc2nc3ccccc3nc12. The lowest BCUT2D eigenvalue weighted by Crippen LogP contribution is -2.04. The number of para-hydroxylation sites is 2.